The molecule has 0 radical (unpaired) electrons. The normalized spacial score (nSPS) is 18.6. The summed E-state index contributed by atoms with van der Waals surface area (Å²) in [4.78, 5) is -0.688. The van der Waals surface area contributed by atoms with Crippen LogP contribution in [0, 0.1) is 0 Å². The maximum atomic E-state index is 14.9. The molecule has 3 rings (SSSR count). The smallest absolute Gasteiger partial charge is 0.342 e. The Bertz CT molecular complexity index is 1170. The summed E-state index contributed by atoms with van der Waals surface area (Å²) in [6.45, 7) is -1.45. The molecule has 0 saturated carbocycles. The number of nitrogens with one attached hydrogen (secondary N) is 1. The predicted octanol–water partition coefficient (Wildman–Crippen LogP) is 1.56. The van der Waals surface area contributed by atoms with Crippen molar-refractivity contribution in [3.8, 4) is 23.0 Å². The van der Waals surface area contributed by atoms with Crippen molar-refractivity contribution in [2.45, 2.75) is 16.0 Å². The van der Waals surface area contributed by atoms with Crippen LogP contribution in [0.4, 0.5) is 4.39 Å². The van der Waals surface area contributed by atoms with Crippen molar-refractivity contribution in [2.24, 2.45) is 0 Å². The van der Waals surface area contributed by atoms with Crippen LogP contribution in [0.3, 0.4) is 0 Å². The molecule has 1 atom stereocenters. The summed E-state index contributed by atoms with van der Waals surface area (Å²) < 4.78 is 90.1. The molecule has 34 heavy (non-hydrogen) atoms. The second kappa shape index (κ2) is 9.94. The fourth-order valence-corrected chi connectivity index (χ4v) is 8.56. The second-order valence-corrected chi connectivity index (χ2v) is 12.0. The topological polar surface area (TPSA) is 117 Å². The minimum atomic E-state index is -4.72. The average Bonchev–Trinajstić information content (AvgIpc) is 3.05. The lowest BCUT2D eigenvalue weighted by molar-refractivity contribution is -0.674. The average molecular weight is 520 g/mol. The van der Waals surface area contributed by atoms with E-state index in [2.05, 4.69) is 5.32 Å². The zero-order valence-corrected chi connectivity index (χ0v) is 20.9. The predicted molar refractivity (Wildman–Crippen MR) is 121 cm³/mol. The van der Waals surface area contributed by atoms with Crippen molar-refractivity contribution >= 4 is 20.0 Å². The largest absolute Gasteiger partial charge is 0.493 e. The number of rotatable bonds is 8. The molecule has 0 amide bonds. The molecule has 13 heteroatoms. The molecule has 2 aromatic rings. The number of alkyl halides is 1. The summed E-state index contributed by atoms with van der Waals surface area (Å²) >= 11 is 0. The van der Waals surface area contributed by atoms with Gasteiger partial charge in [0.15, 0.2) is 29.2 Å². The molecule has 1 N–H and O–H groups in total. The molecule has 188 valence electrons. The first kappa shape index (κ1) is 26.0. The molecular weight excluding hydrogens is 491 g/mol. The maximum Gasteiger partial charge on any atom is 0.342 e. The van der Waals surface area contributed by atoms with Crippen LogP contribution in [-0.2, 0) is 20.0 Å². The van der Waals surface area contributed by atoms with Crippen LogP contribution in [0.1, 0.15) is 0 Å². The van der Waals surface area contributed by atoms with Gasteiger partial charge >= 0.3 is 20.0 Å². The fourth-order valence-electron chi connectivity index (χ4n) is 3.87. The Labute approximate surface area is 198 Å². The molecule has 1 unspecified atom stereocenters. The molecule has 1 heterocycles. The third kappa shape index (κ3) is 4.28. The first-order valence-corrected chi connectivity index (χ1v) is 13.1. The summed E-state index contributed by atoms with van der Waals surface area (Å²) in [6.07, 6.45) is -1.74. The van der Waals surface area contributed by atoms with E-state index in [-0.39, 0.29) is 45.9 Å². The number of hydrogen-bond acceptors (Lipinski definition) is 9. The van der Waals surface area contributed by atoms with Gasteiger partial charge in [0.25, 0.3) is 0 Å². The lowest BCUT2D eigenvalue weighted by Gasteiger charge is -2.34. The van der Waals surface area contributed by atoms with Gasteiger partial charge < -0.3 is 24.3 Å². The van der Waals surface area contributed by atoms with E-state index in [1.165, 1.54) is 64.8 Å². The number of sulfonamides is 2. The molecule has 0 spiro atoms. The van der Waals surface area contributed by atoms with Crippen LogP contribution in [0.25, 0.3) is 0 Å². The van der Waals surface area contributed by atoms with Crippen LogP contribution in [0.5, 0.6) is 23.0 Å². The summed E-state index contributed by atoms with van der Waals surface area (Å²) in [6, 6.07) is 7.48. The van der Waals surface area contributed by atoms with Crippen molar-refractivity contribution in [3.05, 3.63) is 36.4 Å². The fraction of sp³-hybridized carbons (Fsp3) is 0.429. The molecule has 1 saturated heterocycles. The van der Waals surface area contributed by atoms with Gasteiger partial charge in [-0.25, -0.2) is 4.39 Å². The number of quaternary nitrogens is 1. The lowest BCUT2D eigenvalue weighted by atomic mass is 10.3. The minimum absolute atomic E-state index is 0.0422. The summed E-state index contributed by atoms with van der Waals surface area (Å²) in [5, 5.41) is 2.77. The van der Waals surface area contributed by atoms with Crippen molar-refractivity contribution in [3.63, 3.8) is 0 Å². The number of benzene rings is 2. The Morgan fingerprint density at radius 1 is 0.794 bits per heavy atom. The van der Waals surface area contributed by atoms with Crippen LogP contribution < -0.4 is 24.3 Å². The number of nitrogens with zero attached hydrogens (tertiary/aromatic N) is 1. The molecule has 10 nitrogen and oxygen atoms in total. The van der Waals surface area contributed by atoms with E-state index in [0.29, 0.717) is 0 Å². The van der Waals surface area contributed by atoms with Crippen molar-refractivity contribution in [1.82, 2.24) is 5.32 Å². The molecule has 2 aromatic carbocycles. The summed E-state index contributed by atoms with van der Waals surface area (Å²) in [5.41, 5.74) is 0. The Hall–Kier alpha value is -2.61. The first-order chi connectivity index (χ1) is 16.1. The third-order valence-electron chi connectivity index (χ3n) is 5.65. The Morgan fingerprint density at radius 3 is 1.65 bits per heavy atom. The number of ether oxygens (including phenoxy) is 4. The van der Waals surface area contributed by atoms with Crippen LogP contribution in [0.15, 0.2) is 46.2 Å². The second-order valence-electron chi connectivity index (χ2n) is 7.51. The maximum absolute atomic E-state index is 14.9. The SMILES string of the molecule is COc1ccc(S(=O)(=O)[N+]2(S(=O)(=O)c3ccc(OC)c(OC)c3)CCNCC(F)C2)cc1OC. The Kier molecular flexibility index (Phi) is 7.60. The van der Waals surface area contributed by atoms with Gasteiger partial charge in [0, 0.05) is 25.2 Å². The van der Waals surface area contributed by atoms with E-state index < -0.39 is 42.6 Å². The van der Waals surface area contributed by atoms with E-state index in [1.54, 1.807) is 0 Å². The monoisotopic (exact) mass is 519 g/mol. The molecule has 1 fully saturated rings. The summed E-state index contributed by atoms with van der Waals surface area (Å²) in [7, 11) is -4.01. The van der Waals surface area contributed by atoms with Gasteiger partial charge in [-0.3, -0.25) is 0 Å². The minimum Gasteiger partial charge on any atom is -0.493 e. The van der Waals surface area contributed by atoms with E-state index >= 15 is 0 Å². The van der Waals surface area contributed by atoms with Gasteiger partial charge in [-0.2, -0.15) is 16.8 Å². The first-order valence-electron chi connectivity index (χ1n) is 10.2. The molecule has 0 aromatic heterocycles. The van der Waals surface area contributed by atoms with E-state index in [4.69, 9.17) is 18.9 Å². The molecule has 1 aliphatic rings. The number of methoxy groups -OCH3 is 4. The van der Waals surface area contributed by atoms with E-state index in [1.807, 2.05) is 0 Å². The van der Waals surface area contributed by atoms with Crippen molar-refractivity contribution < 1.29 is 43.5 Å². The van der Waals surface area contributed by atoms with E-state index in [9.17, 15) is 21.2 Å². The highest BCUT2D eigenvalue weighted by Gasteiger charge is 2.57. The van der Waals surface area contributed by atoms with Crippen LogP contribution >= 0.6 is 0 Å². The van der Waals surface area contributed by atoms with Gasteiger partial charge in [-0.05, 0) is 24.3 Å². The Balaban J connectivity index is 2.29. The zero-order valence-electron chi connectivity index (χ0n) is 19.3. The van der Waals surface area contributed by atoms with Crippen molar-refractivity contribution in [1.29, 1.82) is 0 Å². The highest BCUT2D eigenvalue weighted by atomic mass is 32.3. The van der Waals surface area contributed by atoms with Crippen molar-refractivity contribution in [2.75, 3.05) is 54.6 Å². The molecule has 1 aliphatic heterocycles. The zero-order chi connectivity index (χ0) is 25.1. The highest BCUT2D eigenvalue weighted by Crippen LogP contribution is 2.39. The molecular formula is C21H28FN2O8S2+. The Morgan fingerprint density at radius 2 is 1.24 bits per heavy atom. The van der Waals surface area contributed by atoms with Gasteiger partial charge in [-0.1, -0.05) is 0 Å². The van der Waals surface area contributed by atoms with Crippen LogP contribution in [-0.4, -0.2) is 80.9 Å². The highest BCUT2D eigenvalue weighted by molar-refractivity contribution is 7.98. The van der Waals surface area contributed by atoms with Gasteiger partial charge in [-0.15, -0.1) is 3.29 Å². The quantitative estimate of drug-likeness (QED) is 0.519. The van der Waals surface area contributed by atoms with E-state index in [0.717, 1.165) is 0 Å². The summed E-state index contributed by atoms with van der Waals surface area (Å²) in [5.74, 6) is 0.707. The lowest BCUT2D eigenvalue weighted by Crippen LogP contribution is -2.59. The molecule has 0 aliphatic carbocycles. The van der Waals surface area contributed by atoms with Gasteiger partial charge in [0.2, 0.25) is 0 Å². The third-order valence-corrected chi connectivity index (χ3v) is 10.9. The molecule has 0 bridgehead atoms. The number of halogens is 1. The van der Waals surface area contributed by atoms with Gasteiger partial charge in [0.1, 0.15) is 22.9 Å². The standard InChI is InChI=1S/C21H28FN2O8S2/c1-29-18-7-5-16(11-20(18)31-3)33(25,26)24(10-9-23-13-15(22)14-24)34(27,28)17-6-8-19(30-2)21(12-17)32-4/h5-8,11-12,15,23H,9-10,13-14H2,1-4H3/q+1. The number of hydrogen-bond donors (Lipinski definition) is 1. The van der Waals surface area contributed by atoms with Crippen LogP contribution in [0.2, 0.25) is 0 Å². The van der Waals surface area contributed by atoms with Gasteiger partial charge in [0.05, 0.1) is 28.4 Å².